The number of aromatic nitrogens is 4. The molecular formula is C14H21N5O2. The summed E-state index contributed by atoms with van der Waals surface area (Å²) in [6.07, 6.45) is 4.43. The van der Waals surface area contributed by atoms with Crippen LogP contribution < -0.4 is 5.32 Å². The van der Waals surface area contributed by atoms with Crippen molar-refractivity contribution in [3.05, 3.63) is 28.9 Å². The van der Waals surface area contributed by atoms with Crippen molar-refractivity contribution in [2.75, 3.05) is 0 Å². The van der Waals surface area contributed by atoms with E-state index in [2.05, 4.69) is 25.9 Å². The molecule has 0 spiro atoms. The van der Waals surface area contributed by atoms with Crippen LogP contribution in [-0.4, -0.2) is 26.5 Å². The van der Waals surface area contributed by atoms with E-state index in [1.54, 1.807) is 6.20 Å². The largest absolute Gasteiger partial charge is 0.361 e. The lowest BCUT2D eigenvalue weighted by atomic mass is 10.0. The predicted molar refractivity (Wildman–Crippen MR) is 76.5 cm³/mol. The van der Waals surface area contributed by atoms with Crippen LogP contribution >= 0.6 is 0 Å². The first-order chi connectivity index (χ1) is 10.1. The zero-order valence-corrected chi connectivity index (χ0v) is 12.6. The van der Waals surface area contributed by atoms with Gasteiger partial charge in [0.15, 0.2) is 0 Å². The second kappa shape index (κ2) is 7.01. The molecule has 7 heteroatoms. The third kappa shape index (κ3) is 3.90. The van der Waals surface area contributed by atoms with E-state index < -0.39 is 0 Å². The van der Waals surface area contributed by atoms with Crippen molar-refractivity contribution >= 4 is 5.91 Å². The van der Waals surface area contributed by atoms with E-state index in [1.807, 2.05) is 20.8 Å². The highest BCUT2D eigenvalue weighted by atomic mass is 16.5. The normalized spacial score (nSPS) is 12.3. The average molecular weight is 291 g/mol. The van der Waals surface area contributed by atoms with Gasteiger partial charge in [-0.25, -0.2) is 0 Å². The molecule has 114 valence electrons. The molecule has 0 aliphatic rings. The first kappa shape index (κ1) is 15.2. The van der Waals surface area contributed by atoms with Crippen LogP contribution in [0, 0.1) is 13.8 Å². The molecular weight excluding hydrogens is 270 g/mol. The summed E-state index contributed by atoms with van der Waals surface area (Å²) in [5.41, 5.74) is 2.70. The van der Waals surface area contributed by atoms with Crippen molar-refractivity contribution in [1.82, 2.24) is 25.9 Å². The van der Waals surface area contributed by atoms with E-state index in [-0.39, 0.29) is 11.9 Å². The van der Waals surface area contributed by atoms with Gasteiger partial charge in [0.2, 0.25) is 5.91 Å². The Morgan fingerprint density at radius 2 is 2.29 bits per heavy atom. The van der Waals surface area contributed by atoms with Gasteiger partial charge in [-0.05, 0) is 33.1 Å². The van der Waals surface area contributed by atoms with Crippen LogP contribution in [0.3, 0.4) is 0 Å². The maximum Gasteiger partial charge on any atom is 0.220 e. The highest BCUT2D eigenvalue weighted by molar-refractivity contribution is 5.76. The van der Waals surface area contributed by atoms with Gasteiger partial charge in [-0.15, -0.1) is 0 Å². The van der Waals surface area contributed by atoms with Crippen molar-refractivity contribution in [1.29, 1.82) is 0 Å². The smallest absolute Gasteiger partial charge is 0.220 e. The molecule has 0 saturated heterocycles. The highest BCUT2D eigenvalue weighted by Crippen LogP contribution is 2.24. The van der Waals surface area contributed by atoms with Gasteiger partial charge in [0.25, 0.3) is 0 Å². The van der Waals surface area contributed by atoms with E-state index in [1.165, 1.54) is 0 Å². The first-order valence-electron chi connectivity index (χ1n) is 7.18. The van der Waals surface area contributed by atoms with Gasteiger partial charge < -0.3 is 9.84 Å². The van der Waals surface area contributed by atoms with Gasteiger partial charge in [-0.3, -0.25) is 4.79 Å². The Hall–Kier alpha value is -2.18. The molecule has 2 aromatic heterocycles. The number of amides is 1. The van der Waals surface area contributed by atoms with Gasteiger partial charge in [0.1, 0.15) is 5.76 Å². The summed E-state index contributed by atoms with van der Waals surface area (Å²) in [7, 11) is 0. The van der Waals surface area contributed by atoms with Gasteiger partial charge in [0.05, 0.1) is 23.6 Å². The number of carbonyl (C=O) groups excluding carboxylic acids is 1. The Balaban J connectivity index is 1.85. The fraction of sp³-hybridized carbons (Fsp3) is 0.571. The molecule has 0 aliphatic carbocycles. The number of hydrogen-bond donors (Lipinski definition) is 2. The van der Waals surface area contributed by atoms with E-state index in [0.717, 1.165) is 42.0 Å². The summed E-state index contributed by atoms with van der Waals surface area (Å²) in [4.78, 5) is 12.1. The Morgan fingerprint density at radius 3 is 2.86 bits per heavy atom. The van der Waals surface area contributed by atoms with Crippen LogP contribution in [0.15, 0.2) is 10.7 Å². The molecule has 0 aromatic carbocycles. The SMILES string of the molecule is CC[C@@H](NC(=O)CCCc1cn[nH]n1)c1c(C)noc1C. The van der Waals surface area contributed by atoms with Crippen LogP contribution in [0.4, 0.5) is 0 Å². The van der Waals surface area contributed by atoms with Crippen LogP contribution in [0.5, 0.6) is 0 Å². The maximum absolute atomic E-state index is 12.1. The van der Waals surface area contributed by atoms with E-state index in [9.17, 15) is 4.79 Å². The van der Waals surface area contributed by atoms with Gasteiger partial charge in [0, 0.05) is 12.0 Å². The zero-order valence-electron chi connectivity index (χ0n) is 12.6. The van der Waals surface area contributed by atoms with Gasteiger partial charge in [-0.2, -0.15) is 15.4 Å². The van der Waals surface area contributed by atoms with Crippen LogP contribution in [0.2, 0.25) is 0 Å². The monoisotopic (exact) mass is 291 g/mol. The predicted octanol–water partition coefficient (Wildman–Crippen LogP) is 2.00. The molecule has 7 nitrogen and oxygen atoms in total. The van der Waals surface area contributed by atoms with Crippen molar-refractivity contribution in [3.63, 3.8) is 0 Å². The van der Waals surface area contributed by atoms with Crippen LogP contribution in [0.1, 0.15) is 54.9 Å². The molecule has 0 fully saturated rings. The van der Waals surface area contributed by atoms with Gasteiger partial charge >= 0.3 is 0 Å². The highest BCUT2D eigenvalue weighted by Gasteiger charge is 2.20. The zero-order chi connectivity index (χ0) is 15.2. The summed E-state index contributed by atoms with van der Waals surface area (Å²) in [5.74, 6) is 0.799. The van der Waals surface area contributed by atoms with Gasteiger partial charge in [-0.1, -0.05) is 12.1 Å². The molecule has 1 atom stereocenters. The van der Waals surface area contributed by atoms with Crippen LogP contribution in [0.25, 0.3) is 0 Å². The Labute approximate surface area is 123 Å². The lowest BCUT2D eigenvalue weighted by Crippen LogP contribution is -2.28. The lowest BCUT2D eigenvalue weighted by Gasteiger charge is -2.16. The van der Waals surface area contributed by atoms with Crippen molar-refractivity contribution in [2.24, 2.45) is 0 Å². The minimum Gasteiger partial charge on any atom is -0.361 e. The second-order valence-corrected chi connectivity index (χ2v) is 5.08. The molecule has 21 heavy (non-hydrogen) atoms. The third-order valence-electron chi connectivity index (χ3n) is 3.48. The summed E-state index contributed by atoms with van der Waals surface area (Å²) < 4.78 is 5.17. The number of hydrogen-bond acceptors (Lipinski definition) is 5. The summed E-state index contributed by atoms with van der Waals surface area (Å²) >= 11 is 0. The van der Waals surface area contributed by atoms with Crippen LogP contribution in [-0.2, 0) is 11.2 Å². The minimum atomic E-state index is -0.0456. The second-order valence-electron chi connectivity index (χ2n) is 5.08. The molecule has 2 aromatic rings. The quantitative estimate of drug-likeness (QED) is 0.813. The molecule has 0 radical (unpaired) electrons. The Bertz CT molecular complexity index is 557. The standard InChI is InChI=1S/C14H21N5O2/c1-4-12(14-9(2)18-21-10(14)3)16-13(20)7-5-6-11-8-15-19-17-11/h8,12H,4-7H2,1-3H3,(H,16,20)(H,15,17,19)/t12-/m1/s1. The van der Waals surface area contributed by atoms with E-state index in [4.69, 9.17) is 4.52 Å². The molecule has 0 aliphatic heterocycles. The topological polar surface area (TPSA) is 96.7 Å². The van der Waals surface area contributed by atoms with Crippen molar-refractivity contribution in [3.8, 4) is 0 Å². The van der Waals surface area contributed by atoms with Crippen molar-refractivity contribution in [2.45, 2.75) is 52.5 Å². The summed E-state index contributed by atoms with van der Waals surface area (Å²) in [5, 5.41) is 17.3. The number of H-pyrrole nitrogens is 1. The molecule has 2 heterocycles. The average Bonchev–Trinajstić information content (AvgIpc) is 3.07. The molecule has 2 N–H and O–H groups in total. The maximum atomic E-state index is 12.1. The van der Waals surface area contributed by atoms with E-state index >= 15 is 0 Å². The van der Waals surface area contributed by atoms with E-state index in [0.29, 0.717) is 6.42 Å². The Morgan fingerprint density at radius 1 is 1.48 bits per heavy atom. The number of carbonyl (C=O) groups is 1. The van der Waals surface area contributed by atoms with Crippen molar-refractivity contribution < 1.29 is 9.32 Å². The molecule has 0 bridgehead atoms. The number of nitrogens with one attached hydrogen (secondary N) is 2. The number of aryl methyl sites for hydroxylation is 3. The fourth-order valence-electron chi connectivity index (χ4n) is 2.41. The fourth-order valence-corrected chi connectivity index (χ4v) is 2.41. The number of nitrogens with zero attached hydrogens (tertiary/aromatic N) is 3. The molecule has 2 rings (SSSR count). The summed E-state index contributed by atoms with van der Waals surface area (Å²) in [6, 6.07) is -0.0456. The molecule has 0 unspecified atom stereocenters. The summed E-state index contributed by atoms with van der Waals surface area (Å²) in [6.45, 7) is 5.80. The number of aromatic amines is 1. The molecule has 0 saturated carbocycles. The Kier molecular flexibility index (Phi) is 5.08. The lowest BCUT2D eigenvalue weighted by molar-refractivity contribution is -0.122. The minimum absolute atomic E-state index is 0.0327. The molecule has 1 amide bonds. The first-order valence-corrected chi connectivity index (χ1v) is 7.18. The number of rotatable bonds is 7. The third-order valence-corrected chi connectivity index (χ3v) is 3.48.